The Kier molecular flexibility index (Phi) is 3.04. The first kappa shape index (κ1) is 13.6. The lowest BCUT2D eigenvalue weighted by molar-refractivity contribution is 0.590. The lowest BCUT2D eigenvalue weighted by atomic mass is 9.87. The lowest BCUT2D eigenvalue weighted by Gasteiger charge is -2.19. The van der Waals surface area contributed by atoms with Crippen molar-refractivity contribution in [2.75, 3.05) is 0 Å². The van der Waals surface area contributed by atoms with Crippen molar-refractivity contribution in [1.29, 1.82) is 0 Å². The van der Waals surface area contributed by atoms with Gasteiger partial charge in [-0.25, -0.2) is 0 Å². The third-order valence-electron chi connectivity index (χ3n) is 3.97. The highest BCUT2D eigenvalue weighted by molar-refractivity contribution is 7.69. The van der Waals surface area contributed by atoms with E-state index in [-0.39, 0.29) is 12.9 Å². The van der Waals surface area contributed by atoms with Gasteiger partial charge < -0.3 is 0 Å². The Labute approximate surface area is 134 Å². The summed E-state index contributed by atoms with van der Waals surface area (Å²) in [5.41, 5.74) is 1.64. The molecule has 3 heterocycles. The molecule has 0 N–H and O–H groups in total. The molecule has 0 bridgehead atoms. The first-order chi connectivity index (χ1) is 10.1. The Morgan fingerprint density at radius 2 is 1.29 bits per heavy atom. The van der Waals surface area contributed by atoms with E-state index in [1.165, 1.54) is 20.3 Å². The average molecular weight is 328 g/mol. The molecule has 0 aliphatic rings. The molecule has 0 radical (unpaired) electrons. The fourth-order valence-electron chi connectivity index (χ4n) is 2.82. The van der Waals surface area contributed by atoms with Crippen LogP contribution in [0.15, 0.2) is 47.2 Å². The summed E-state index contributed by atoms with van der Waals surface area (Å²) in [5.74, 6) is 0. The normalized spacial score (nSPS) is 12.5. The number of thiophene rings is 2. The standard InChI is InChI=1S/C18H17PS2/c1-18(2,3)12-4-6-13(7-5-12)19-14-8-10-20-16(14)17-15(19)9-11-21-17/h4-11H,1-3H3. The molecule has 0 aliphatic carbocycles. The van der Waals surface area contributed by atoms with E-state index in [9.17, 15) is 0 Å². The second-order valence-corrected chi connectivity index (χ2v) is 10.4. The SMILES string of the molecule is CC(C)(C)c1ccc(-p2c3ccsc3c3sccc32)cc1. The van der Waals surface area contributed by atoms with Gasteiger partial charge in [0.25, 0.3) is 0 Å². The van der Waals surface area contributed by atoms with Crippen molar-refractivity contribution in [3.8, 4) is 5.30 Å². The minimum atomic E-state index is -0.325. The van der Waals surface area contributed by atoms with Gasteiger partial charge >= 0.3 is 0 Å². The van der Waals surface area contributed by atoms with Gasteiger partial charge in [0.2, 0.25) is 0 Å². The highest BCUT2D eigenvalue weighted by Gasteiger charge is 2.17. The van der Waals surface area contributed by atoms with Crippen molar-refractivity contribution in [1.82, 2.24) is 0 Å². The molecule has 106 valence electrons. The zero-order valence-corrected chi connectivity index (χ0v) is 14.9. The summed E-state index contributed by atoms with van der Waals surface area (Å²) in [6, 6.07) is 14.0. The number of rotatable bonds is 1. The molecule has 0 amide bonds. The van der Waals surface area contributed by atoms with Crippen LogP contribution in [0.5, 0.6) is 0 Å². The van der Waals surface area contributed by atoms with Crippen molar-refractivity contribution >= 4 is 49.8 Å². The Balaban J connectivity index is 1.96. The summed E-state index contributed by atoms with van der Waals surface area (Å²) < 4.78 is 3.01. The van der Waals surface area contributed by atoms with Gasteiger partial charge in [-0.05, 0) is 39.2 Å². The molecule has 0 aliphatic heterocycles. The lowest BCUT2D eigenvalue weighted by Crippen LogP contribution is -2.10. The van der Waals surface area contributed by atoms with Crippen LogP contribution in [-0.2, 0) is 5.41 Å². The van der Waals surface area contributed by atoms with Crippen LogP contribution in [0.3, 0.4) is 0 Å². The molecule has 0 unspecified atom stereocenters. The molecule has 0 saturated carbocycles. The van der Waals surface area contributed by atoms with Gasteiger partial charge in [-0.15, -0.1) is 22.7 Å². The number of hydrogen-bond donors (Lipinski definition) is 0. The first-order valence-electron chi connectivity index (χ1n) is 7.12. The smallest absolute Gasteiger partial charge is 0.0567 e. The third kappa shape index (κ3) is 2.09. The van der Waals surface area contributed by atoms with Gasteiger partial charge in [-0.2, -0.15) is 0 Å². The highest BCUT2D eigenvalue weighted by Crippen LogP contribution is 2.57. The second-order valence-electron chi connectivity index (χ2n) is 6.40. The number of hydrogen-bond acceptors (Lipinski definition) is 2. The van der Waals surface area contributed by atoms with Crippen LogP contribution < -0.4 is 0 Å². The number of benzene rings is 1. The van der Waals surface area contributed by atoms with Crippen molar-refractivity contribution in [2.45, 2.75) is 26.2 Å². The van der Waals surface area contributed by atoms with Crippen molar-refractivity contribution < 1.29 is 0 Å². The molecular weight excluding hydrogens is 311 g/mol. The van der Waals surface area contributed by atoms with Gasteiger partial charge in [0.05, 0.1) is 9.40 Å². The minimum absolute atomic E-state index is 0.225. The minimum Gasteiger partial charge on any atom is -0.142 e. The van der Waals surface area contributed by atoms with E-state index in [4.69, 9.17) is 0 Å². The fraction of sp³-hybridized carbons (Fsp3) is 0.222. The molecule has 4 rings (SSSR count). The highest BCUT2D eigenvalue weighted by atomic mass is 32.1. The Hall–Kier alpha value is -1.08. The summed E-state index contributed by atoms with van der Waals surface area (Å²) in [4.78, 5) is 0. The van der Waals surface area contributed by atoms with Crippen LogP contribution >= 0.6 is 30.2 Å². The fourth-order valence-corrected chi connectivity index (χ4v) is 8.15. The maximum atomic E-state index is 2.35. The van der Waals surface area contributed by atoms with Crippen molar-refractivity contribution in [3.05, 3.63) is 52.7 Å². The number of fused-ring (bicyclic) bond motifs is 3. The van der Waals surface area contributed by atoms with Crippen molar-refractivity contribution in [3.63, 3.8) is 0 Å². The van der Waals surface area contributed by atoms with Crippen LogP contribution in [0.25, 0.3) is 24.9 Å². The largest absolute Gasteiger partial charge is 0.142 e. The van der Waals surface area contributed by atoms with Gasteiger partial charge in [0.1, 0.15) is 0 Å². The summed E-state index contributed by atoms with van der Waals surface area (Å²) in [7, 11) is -0.325. The molecule has 3 heteroatoms. The van der Waals surface area contributed by atoms with E-state index >= 15 is 0 Å². The molecule has 21 heavy (non-hydrogen) atoms. The van der Waals surface area contributed by atoms with Crippen LogP contribution in [-0.4, -0.2) is 0 Å². The predicted molar refractivity (Wildman–Crippen MR) is 100.0 cm³/mol. The molecule has 0 atom stereocenters. The first-order valence-corrected chi connectivity index (χ1v) is 10.2. The van der Waals surface area contributed by atoms with Gasteiger partial charge in [-0.3, -0.25) is 0 Å². The van der Waals surface area contributed by atoms with E-state index in [0.717, 1.165) is 0 Å². The summed E-state index contributed by atoms with van der Waals surface area (Å²) in [5, 5.41) is 9.08. The van der Waals surface area contributed by atoms with Crippen LogP contribution in [0.2, 0.25) is 0 Å². The topological polar surface area (TPSA) is 0 Å². The Bertz CT molecular complexity index is 866. The van der Waals surface area contributed by atoms with E-state index in [1.54, 1.807) is 10.2 Å². The van der Waals surface area contributed by atoms with E-state index in [2.05, 4.69) is 67.9 Å². The maximum Gasteiger partial charge on any atom is 0.0567 e. The molecule has 0 saturated heterocycles. The predicted octanol–water partition coefficient (Wildman–Crippen LogP) is 7.39. The van der Waals surface area contributed by atoms with Crippen molar-refractivity contribution in [2.24, 2.45) is 0 Å². The Morgan fingerprint density at radius 1 is 0.762 bits per heavy atom. The van der Waals surface area contributed by atoms with Gasteiger partial charge in [0, 0.05) is 10.2 Å². The molecular formula is C18H17PS2. The monoisotopic (exact) mass is 328 g/mol. The van der Waals surface area contributed by atoms with Gasteiger partial charge in [0.15, 0.2) is 0 Å². The third-order valence-corrected chi connectivity index (χ3v) is 8.79. The molecule has 4 aromatic rings. The molecule has 1 aromatic carbocycles. The average Bonchev–Trinajstić information content (AvgIpc) is 3.10. The zero-order valence-electron chi connectivity index (χ0n) is 12.4. The maximum absolute atomic E-state index is 2.35. The molecule has 3 aromatic heterocycles. The van der Waals surface area contributed by atoms with Gasteiger partial charge in [-0.1, -0.05) is 52.6 Å². The second kappa shape index (κ2) is 4.71. The van der Waals surface area contributed by atoms with E-state index < -0.39 is 0 Å². The Morgan fingerprint density at radius 3 is 1.76 bits per heavy atom. The quantitative estimate of drug-likeness (QED) is 0.342. The van der Waals surface area contributed by atoms with E-state index in [1.807, 2.05) is 22.7 Å². The summed E-state index contributed by atoms with van der Waals surface area (Å²) in [6.45, 7) is 6.82. The van der Waals surface area contributed by atoms with E-state index in [0.29, 0.717) is 0 Å². The zero-order chi connectivity index (χ0) is 14.6. The molecule has 0 spiro atoms. The summed E-state index contributed by atoms with van der Waals surface area (Å²) >= 11 is 3.78. The van der Waals surface area contributed by atoms with Crippen LogP contribution in [0.1, 0.15) is 26.3 Å². The van der Waals surface area contributed by atoms with Crippen LogP contribution in [0.4, 0.5) is 0 Å². The summed E-state index contributed by atoms with van der Waals surface area (Å²) in [6.07, 6.45) is 0. The molecule has 0 fully saturated rings. The molecule has 0 nitrogen and oxygen atoms in total. The van der Waals surface area contributed by atoms with Crippen LogP contribution in [0, 0.1) is 0 Å².